The molecule has 2 aromatic rings. The molecule has 0 spiro atoms. The maximum atomic E-state index is 12.6. The monoisotopic (exact) mass is 384 g/mol. The largest absolute Gasteiger partial charge is 0.485 e. The first-order chi connectivity index (χ1) is 13.5. The van der Waals surface area contributed by atoms with E-state index in [0.717, 1.165) is 24.1 Å². The Labute approximate surface area is 163 Å². The summed E-state index contributed by atoms with van der Waals surface area (Å²) in [5.74, 6) is 1.60. The highest BCUT2D eigenvalue weighted by Crippen LogP contribution is 2.27. The average Bonchev–Trinajstić information content (AvgIpc) is 3.13. The zero-order chi connectivity index (χ0) is 19.7. The SMILES string of the molecule is C[C@@H]1C[C@H](C)CN(C(=O)c2nc(COc3ccc4c(c3)NC(=O)CC4)no2)C1. The van der Waals surface area contributed by atoms with E-state index in [9.17, 15) is 9.59 Å². The first kappa shape index (κ1) is 18.5. The summed E-state index contributed by atoms with van der Waals surface area (Å²) in [7, 11) is 0. The highest BCUT2D eigenvalue weighted by molar-refractivity contribution is 5.94. The highest BCUT2D eigenvalue weighted by Gasteiger charge is 2.29. The summed E-state index contributed by atoms with van der Waals surface area (Å²) in [6.45, 7) is 5.78. The first-order valence-corrected chi connectivity index (χ1v) is 9.65. The predicted octanol–water partition coefficient (Wildman–Crippen LogP) is 2.65. The molecule has 0 aliphatic carbocycles. The van der Waals surface area contributed by atoms with Crippen molar-refractivity contribution < 1.29 is 18.8 Å². The number of benzene rings is 1. The molecule has 1 aromatic heterocycles. The van der Waals surface area contributed by atoms with E-state index in [-0.39, 0.29) is 24.3 Å². The fourth-order valence-electron chi connectivity index (χ4n) is 3.95. The minimum atomic E-state index is -0.228. The summed E-state index contributed by atoms with van der Waals surface area (Å²) in [5, 5.41) is 6.70. The van der Waals surface area contributed by atoms with Crippen LogP contribution in [-0.4, -0.2) is 39.9 Å². The number of likely N-dealkylation sites (tertiary alicyclic amines) is 1. The standard InChI is InChI=1S/C20H24N4O4/c1-12-7-13(2)10-24(9-12)20(26)19-22-17(23-28-19)11-27-15-5-3-14-4-6-18(25)21-16(14)8-15/h3,5,8,12-13H,4,6-7,9-11H2,1-2H3,(H,21,25)/t12-,13+. The number of carbonyl (C=O) groups is 2. The molecule has 148 valence electrons. The maximum Gasteiger partial charge on any atom is 0.316 e. The molecular formula is C20H24N4O4. The van der Waals surface area contributed by atoms with Crippen LogP contribution in [0.25, 0.3) is 0 Å². The van der Waals surface area contributed by atoms with Gasteiger partial charge in [-0.05, 0) is 36.3 Å². The molecule has 0 bridgehead atoms. The number of ether oxygens (including phenoxy) is 1. The van der Waals surface area contributed by atoms with Crippen LogP contribution in [0.4, 0.5) is 5.69 Å². The van der Waals surface area contributed by atoms with Crippen molar-refractivity contribution >= 4 is 17.5 Å². The van der Waals surface area contributed by atoms with Crippen LogP contribution in [0.15, 0.2) is 22.7 Å². The molecule has 28 heavy (non-hydrogen) atoms. The molecule has 0 unspecified atom stereocenters. The molecule has 2 aliphatic heterocycles. The quantitative estimate of drug-likeness (QED) is 0.870. The van der Waals surface area contributed by atoms with E-state index < -0.39 is 0 Å². The van der Waals surface area contributed by atoms with Crippen molar-refractivity contribution in [3.63, 3.8) is 0 Å². The topological polar surface area (TPSA) is 97.6 Å². The number of nitrogens with zero attached hydrogens (tertiary/aromatic N) is 3. The van der Waals surface area contributed by atoms with Crippen LogP contribution in [0.3, 0.4) is 0 Å². The third-order valence-electron chi connectivity index (χ3n) is 5.15. The lowest BCUT2D eigenvalue weighted by molar-refractivity contribution is -0.116. The summed E-state index contributed by atoms with van der Waals surface area (Å²) in [6, 6.07) is 5.57. The van der Waals surface area contributed by atoms with E-state index in [1.54, 1.807) is 11.0 Å². The summed E-state index contributed by atoms with van der Waals surface area (Å²) in [5.41, 5.74) is 1.86. The van der Waals surface area contributed by atoms with E-state index in [0.29, 0.717) is 42.9 Å². The van der Waals surface area contributed by atoms with Gasteiger partial charge in [-0.1, -0.05) is 25.1 Å². The van der Waals surface area contributed by atoms with E-state index in [2.05, 4.69) is 29.3 Å². The van der Waals surface area contributed by atoms with E-state index >= 15 is 0 Å². The van der Waals surface area contributed by atoms with Crippen molar-refractivity contribution in [1.29, 1.82) is 0 Å². The van der Waals surface area contributed by atoms with Crippen molar-refractivity contribution in [2.24, 2.45) is 11.8 Å². The third-order valence-corrected chi connectivity index (χ3v) is 5.15. The summed E-state index contributed by atoms with van der Waals surface area (Å²) in [6.07, 6.45) is 2.35. The maximum absolute atomic E-state index is 12.6. The van der Waals surface area contributed by atoms with Crippen molar-refractivity contribution in [3.8, 4) is 5.75 Å². The third kappa shape index (κ3) is 4.00. The fraction of sp³-hybridized carbons (Fsp3) is 0.500. The van der Waals surface area contributed by atoms with E-state index in [1.165, 1.54) is 0 Å². The second-order valence-electron chi connectivity index (χ2n) is 7.83. The second kappa shape index (κ2) is 7.61. The number of hydrogen-bond acceptors (Lipinski definition) is 6. The van der Waals surface area contributed by atoms with Gasteiger partial charge in [0.15, 0.2) is 6.61 Å². The Morgan fingerprint density at radius 3 is 2.86 bits per heavy atom. The zero-order valence-corrected chi connectivity index (χ0v) is 16.1. The van der Waals surface area contributed by atoms with Crippen LogP contribution in [0.1, 0.15) is 48.8 Å². The Hall–Kier alpha value is -2.90. The number of nitrogens with one attached hydrogen (secondary N) is 1. The Morgan fingerprint density at radius 1 is 1.29 bits per heavy atom. The number of anilines is 1. The number of aryl methyl sites for hydroxylation is 1. The molecule has 1 N–H and O–H groups in total. The number of aromatic nitrogens is 2. The fourth-order valence-corrected chi connectivity index (χ4v) is 3.95. The minimum Gasteiger partial charge on any atom is -0.485 e. The lowest BCUT2D eigenvalue weighted by Crippen LogP contribution is -2.42. The van der Waals surface area contributed by atoms with Crippen LogP contribution in [-0.2, 0) is 17.8 Å². The van der Waals surface area contributed by atoms with Gasteiger partial charge in [0.05, 0.1) is 0 Å². The number of piperidine rings is 1. The molecule has 8 nitrogen and oxygen atoms in total. The molecule has 1 aromatic carbocycles. The van der Waals surface area contributed by atoms with Crippen LogP contribution in [0.5, 0.6) is 5.75 Å². The first-order valence-electron chi connectivity index (χ1n) is 9.65. The molecule has 0 radical (unpaired) electrons. The zero-order valence-electron chi connectivity index (χ0n) is 16.1. The van der Waals surface area contributed by atoms with Crippen LogP contribution in [0.2, 0.25) is 0 Å². The number of hydrogen-bond donors (Lipinski definition) is 1. The molecular weight excluding hydrogens is 360 g/mol. The van der Waals surface area contributed by atoms with Gasteiger partial charge in [-0.15, -0.1) is 0 Å². The Bertz CT molecular complexity index is 884. The highest BCUT2D eigenvalue weighted by atomic mass is 16.5. The second-order valence-corrected chi connectivity index (χ2v) is 7.83. The molecule has 1 fully saturated rings. The van der Waals surface area contributed by atoms with Crippen molar-refractivity contribution in [1.82, 2.24) is 15.0 Å². The molecule has 2 amide bonds. The normalized spacial score (nSPS) is 21.8. The number of carbonyl (C=O) groups excluding carboxylic acids is 2. The van der Waals surface area contributed by atoms with Gasteiger partial charge in [-0.3, -0.25) is 9.59 Å². The van der Waals surface area contributed by atoms with Gasteiger partial charge in [-0.2, -0.15) is 4.98 Å². The van der Waals surface area contributed by atoms with Gasteiger partial charge in [-0.25, -0.2) is 0 Å². The molecule has 8 heteroatoms. The summed E-state index contributed by atoms with van der Waals surface area (Å²) < 4.78 is 10.9. The van der Waals surface area contributed by atoms with Crippen LogP contribution < -0.4 is 10.1 Å². The van der Waals surface area contributed by atoms with Crippen molar-refractivity contribution in [3.05, 3.63) is 35.5 Å². The number of amides is 2. The van der Waals surface area contributed by atoms with Gasteiger partial charge in [0, 0.05) is 31.3 Å². The Balaban J connectivity index is 1.38. The smallest absolute Gasteiger partial charge is 0.316 e. The molecule has 4 rings (SSSR count). The van der Waals surface area contributed by atoms with E-state index in [1.807, 2.05) is 12.1 Å². The van der Waals surface area contributed by atoms with Crippen LogP contribution in [0, 0.1) is 11.8 Å². The molecule has 1 saturated heterocycles. The van der Waals surface area contributed by atoms with Gasteiger partial charge >= 0.3 is 11.8 Å². The average molecular weight is 384 g/mol. The molecule has 3 heterocycles. The predicted molar refractivity (Wildman–Crippen MR) is 101 cm³/mol. The van der Waals surface area contributed by atoms with Gasteiger partial charge < -0.3 is 19.5 Å². The minimum absolute atomic E-state index is 0.00222. The molecule has 0 saturated carbocycles. The van der Waals surface area contributed by atoms with Crippen LogP contribution >= 0.6 is 0 Å². The molecule has 2 atom stereocenters. The van der Waals surface area contributed by atoms with Gasteiger partial charge in [0.1, 0.15) is 5.75 Å². The van der Waals surface area contributed by atoms with E-state index in [4.69, 9.17) is 9.26 Å². The number of rotatable bonds is 4. The lowest BCUT2D eigenvalue weighted by Gasteiger charge is -2.33. The molecule has 2 aliphatic rings. The van der Waals surface area contributed by atoms with Crippen molar-refractivity contribution in [2.45, 2.75) is 39.7 Å². The Kier molecular flexibility index (Phi) is 5.02. The van der Waals surface area contributed by atoms with Crippen molar-refractivity contribution in [2.75, 3.05) is 18.4 Å². The Morgan fingerprint density at radius 2 is 2.07 bits per heavy atom. The summed E-state index contributed by atoms with van der Waals surface area (Å²) >= 11 is 0. The lowest BCUT2D eigenvalue weighted by atomic mass is 9.92. The van der Waals surface area contributed by atoms with Gasteiger partial charge in [0.25, 0.3) is 0 Å². The summed E-state index contributed by atoms with van der Waals surface area (Å²) in [4.78, 5) is 30.1. The van der Waals surface area contributed by atoms with Gasteiger partial charge in [0.2, 0.25) is 11.7 Å². The number of fused-ring (bicyclic) bond motifs is 1.